The number of pyridine rings is 1. The third kappa shape index (κ3) is 2.82. The maximum Gasteiger partial charge on any atom is 0.338 e. The molecule has 0 radical (unpaired) electrons. The Hall–Kier alpha value is -2.20. The fourth-order valence-corrected chi connectivity index (χ4v) is 3.52. The lowest BCUT2D eigenvalue weighted by Gasteiger charge is -2.31. The molecule has 3 rings (SSSR count). The van der Waals surface area contributed by atoms with Gasteiger partial charge in [-0.1, -0.05) is 37.6 Å². The summed E-state index contributed by atoms with van der Waals surface area (Å²) in [6.07, 6.45) is 1.03. The lowest BCUT2D eigenvalue weighted by Crippen LogP contribution is -2.29. The maximum atomic E-state index is 12.8. The normalized spacial score (nSPS) is 15.9. The van der Waals surface area contributed by atoms with Gasteiger partial charge in [-0.3, -0.25) is 9.78 Å². The number of aryl methyl sites for hydroxylation is 1. The van der Waals surface area contributed by atoms with Crippen LogP contribution in [0, 0.1) is 12.3 Å². The molecule has 2 aromatic rings. The molecule has 4 nitrogen and oxygen atoms in total. The van der Waals surface area contributed by atoms with E-state index >= 15 is 0 Å². The zero-order valence-corrected chi connectivity index (χ0v) is 14.6. The van der Waals surface area contributed by atoms with Crippen LogP contribution in [0.4, 0.5) is 0 Å². The first-order valence-corrected chi connectivity index (χ1v) is 8.13. The van der Waals surface area contributed by atoms with Gasteiger partial charge in [0.05, 0.1) is 17.0 Å². The zero-order valence-electron chi connectivity index (χ0n) is 13.8. The molecule has 0 saturated carbocycles. The molecule has 24 heavy (non-hydrogen) atoms. The number of carboxylic acids is 1. The van der Waals surface area contributed by atoms with Crippen molar-refractivity contribution >= 4 is 23.4 Å². The van der Waals surface area contributed by atoms with E-state index < -0.39 is 5.97 Å². The Kier molecular flexibility index (Phi) is 3.96. The van der Waals surface area contributed by atoms with Gasteiger partial charge in [0.25, 0.3) is 0 Å². The van der Waals surface area contributed by atoms with Gasteiger partial charge in [-0.2, -0.15) is 0 Å². The smallest absolute Gasteiger partial charge is 0.338 e. The molecule has 0 bridgehead atoms. The molecular formula is C19H18ClNO3. The van der Waals surface area contributed by atoms with Gasteiger partial charge in [-0.05, 0) is 36.5 Å². The predicted molar refractivity (Wildman–Crippen MR) is 92.8 cm³/mol. The number of aromatic carboxylic acids is 1. The van der Waals surface area contributed by atoms with Crippen LogP contribution in [0.15, 0.2) is 24.3 Å². The van der Waals surface area contributed by atoms with E-state index in [2.05, 4.69) is 4.98 Å². The van der Waals surface area contributed by atoms with Crippen LogP contribution in [-0.4, -0.2) is 21.8 Å². The van der Waals surface area contributed by atoms with Gasteiger partial charge in [0, 0.05) is 22.6 Å². The second kappa shape index (κ2) is 5.71. The number of benzene rings is 1. The lowest BCUT2D eigenvalue weighted by molar-refractivity contribution is 0.0696. The number of carboxylic acid groups (broad SMARTS) is 1. The van der Waals surface area contributed by atoms with Gasteiger partial charge in [0.15, 0.2) is 5.78 Å². The maximum absolute atomic E-state index is 12.8. The van der Waals surface area contributed by atoms with Gasteiger partial charge in [0.1, 0.15) is 0 Å². The second-order valence-corrected chi connectivity index (χ2v) is 7.46. The third-order valence-corrected chi connectivity index (χ3v) is 4.62. The Balaban J connectivity index is 2.37. The van der Waals surface area contributed by atoms with E-state index in [0.717, 1.165) is 0 Å². The summed E-state index contributed by atoms with van der Waals surface area (Å²) in [6.45, 7) is 5.73. The summed E-state index contributed by atoms with van der Waals surface area (Å²) in [5, 5.41) is 10.2. The summed E-state index contributed by atoms with van der Waals surface area (Å²) in [6, 6.07) is 6.89. The number of nitrogens with zero attached hydrogens (tertiary/aromatic N) is 1. The van der Waals surface area contributed by atoms with Gasteiger partial charge in [-0.25, -0.2) is 4.79 Å². The zero-order chi connectivity index (χ0) is 17.6. The summed E-state index contributed by atoms with van der Waals surface area (Å²) in [5.41, 5.74) is 2.60. The van der Waals surface area contributed by atoms with E-state index in [1.54, 1.807) is 31.2 Å². The number of hydrogen-bond acceptors (Lipinski definition) is 3. The molecule has 1 aromatic heterocycles. The predicted octanol–water partition coefficient (Wildman–Crippen LogP) is 4.56. The Morgan fingerprint density at radius 3 is 2.38 bits per heavy atom. The van der Waals surface area contributed by atoms with Crippen molar-refractivity contribution in [2.75, 3.05) is 0 Å². The van der Waals surface area contributed by atoms with Gasteiger partial charge < -0.3 is 5.11 Å². The number of rotatable bonds is 2. The van der Waals surface area contributed by atoms with Gasteiger partial charge in [-0.15, -0.1) is 0 Å². The Morgan fingerprint density at radius 1 is 1.17 bits per heavy atom. The molecule has 1 aromatic carbocycles. The summed E-state index contributed by atoms with van der Waals surface area (Å²) in [7, 11) is 0. The van der Waals surface area contributed by atoms with Crippen molar-refractivity contribution in [3.63, 3.8) is 0 Å². The highest BCUT2D eigenvalue weighted by atomic mass is 35.5. The van der Waals surface area contributed by atoms with Gasteiger partial charge >= 0.3 is 5.97 Å². The Morgan fingerprint density at radius 2 is 1.79 bits per heavy atom. The average Bonchev–Trinajstić information content (AvgIpc) is 2.44. The summed E-state index contributed by atoms with van der Waals surface area (Å²) < 4.78 is 0. The molecule has 0 fully saturated rings. The van der Waals surface area contributed by atoms with Crippen molar-refractivity contribution in [3.05, 3.63) is 51.8 Å². The van der Waals surface area contributed by atoms with E-state index in [0.29, 0.717) is 45.9 Å². The first-order valence-electron chi connectivity index (χ1n) is 7.75. The number of halogens is 1. The van der Waals surface area contributed by atoms with Crippen LogP contribution >= 0.6 is 11.6 Å². The van der Waals surface area contributed by atoms with Crippen LogP contribution in [0.2, 0.25) is 5.02 Å². The summed E-state index contributed by atoms with van der Waals surface area (Å²) in [4.78, 5) is 29.1. The SMILES string of the molecule is Cc1nc2c(c(-c3ccc(Cl)cc3)c1C(=O)O)C(=O)CC(C)(C)C2. The Bertz CT molecular complexity index is 854. The van der Waals surface area contributed by atoms with Crippen LogP contribution < -0.4 is 0 Å². The minimum atomic E-state index is -1.08. The molecule has 1 heterocycles. The number of fused-ring (bicyclic) bond motifs is 1. The van der Waals surface area contributed by atoms with Gasteiger partial charge in [0.2, 0.25) is 0 Å². The summed E-state index contributed by atoms with van der Waals surface area (Å²) in [5.74, 6) is -1.13. The monoisotopic (exact) mass is 343 g/mol. The highest BCUT2D eigenvalue weighted by Gasteiger charge is 2.36. The number of aromatic nitrogens is 1. The topological polar surface area (TPSA) is 67.3 Å². The largest absolute Gasteiger partial charge is 0.478 e. The molecule has 0 saturated heterocycles. The van der Waals surface area contributed by atoms with E-state index in [1.807, 2.05) is 13.8 Å². The molecule has 1 aliphatic rings. The minimum Gasteiger partial charge on any atom is -0.478 e. The van der Waals surface area contributed by atoms with Crippen LogP contribution in [0.3, 0.4) is 0 Å². The standard InChI is InChI=1S/C19H18ClNO3/c1-10-15(18(23)24)16(11-4-6-12(20)7-5-11)17-13(21-10)8-19(2,3)9-14(17)22/h4-7H,8-9H2,1-3H3,(H,23,24). The molecule has 0 aliphatic heterocycles. The molecule has 0 atom stereocenters. The van der Waals surface area contributed by atoms with E-state index in [9.17, 15) is 14.7 Å². The molecule has 0 spiro atoms. The Labute approximate surface area is 145 Å². The molecule has 124 valence electrons. The molecular weight excluding hydrogens is 326 g/mol. The molecule has 5 heteroatoms. The number of ketones is 1. The quantitative estimate of drug-likeness (QED) is 0.867. The highest BCUT2D eigenvalue weighted by Crippen LogP contribution is 2.40. The molecule has 1 N–H and O–H groups in total. The first kappa shape index (κ1) is 16.7. The van der Waals surface area contributed by atoms with Crippen LogP contribution in [-0.2, 0) is 6.42 Å². The minimum absolute atomic E-state index is 0.0544. The fourth-order valence-electron chi connectivity index (χ4n) is 3.40. The number of hydrogen-bond donors (Lipinski definition) is 1. The molecule has 1 aliphatic carbocycles. The van der Waals surface area contributed by atoms with Crippen molar-refractivity contribution in [2.45, 2.75) is 33.6 Å². The van der Waals surface area contributed by atoms with Crippen LogP contribution in [0.5, 0.6) is 0 Å². The van der Waals surface area contributed by atoms with E-state index in [1.165, 1.54) is 0 Å². The average molecular weight is 344 g/mol. The summed E-state index contributed by atoms with van der Waals surface area (Å²) >= 11 is 5.95. The second-order valence-electron chi connectivity index (χ2n) is 7.02. The van der Waals surface area contributed by atoms with Crippen LogP contribution in [0.1, 0.15) is 52.4 Å². The van der Waals surface area contributed by atoms with Crippen molar-refractivity contribution in [1.29, 1.82) is 0 Å². The van der Waals surface area contributed by atoms with E-state index in [4.69, 9.17) is 11.6 Å². The highest BCUT2D eigenvalue weighted by molar-refractivity contribution is 6.30. The van der Waals surface area contributed by atoms with Crippen molar-refractivity contribution in [1.82, 2.24) is 4.98 Å². The van der Waals surface area contributed by atoms with Crippen LogP contribution in [0.25, 0.3) is 11.1 Å². The fraction of sp³-hybridized carbons (Fsp3) is 0.316. The van der Waals surface area contributed by atoms with Crippen molar-refractivity contribution in [2.24, 2.45) is 5.41 Å². The number of carbonyl (C=O) groups is 2. The first-order chi connectivity index (χ1) is 11.2. The number of Topliss-reactive ketones (excluding diaryl/α,β-unsaturated/α-hetero) is 1. The number of carbonyl (C=O) groups excluding carboxylic acids is 1. The third-order valence-electron chi connectivity index (χ3n) is 4.36. The lowest BCUT2D eigenvalue weighted by atomic mass is 9.73. The molecule has 0 amide bonds. The van der Waals surface area contributed by atoms with Crippen molar-refractivity contribution in [3.8, 4) is 11.1 Å². The molecule has 0 unspecified atom stereocenters. The van der Waals surface area contributed by atoms with E-state index in [-0.39, 0.29) is 16.8 Å². The van der Waals surface area contributed by atoms with Crippen molar-refractivity contribution < 1.29 is 14.7 Å².